The highest BCUT2D eigenvalue weighted by Crippen LogP contribution is 2.27. The molecule has 108 valence electrons. The van der Waals surface area contributed by atoms with Gasteiger partial charge in [-0.05, 0) is 30.2 Å². The van der Waals surface area contributed by atoms with E-state index in [1.807, 2.05) is 35.2 Å². The van der Waals surface area contributed by atoms with Crippen LogP contribution in [0, 0.1) is 0 Å². The van der Waals surface area contributed by atoms with E-state index in [2.05, 4.69) is 6.07 Å². The fourth-order valence-electron chi connectivity index (χ4n) is 2.59. The number of nitrogens with two attached hydrogens (primary N) is 1. The molecule has 1 amide bonds. The van der Waals surface area contributed by atoms with Crippen molar-refractivity contribution in [2.75, 3.05) is 23.8 Å². The predicted molar refractivity (Wildman–Crippen MR) is 83.5 cm³/mol. The Hall–Kier alpha value is -2.49. The summed E-state index contributed by atoms with van der Waals surface area (Å²) in [5.74, 6) is 0.800. The monoisotopic (exact) mass is 282 g/mol. The summed E-state index contributed by atoms with van der Waals surface area (Å²) in [6.07, 6.45) is 1.29. The summed E-state index contributed by atoms with van der Waals surface area (Å²) in [6.45, 7) is 1.12. The number of para-hydroxylation sites is 1. The maximum absolute atomic E-state index is 12.3. The average Bonchev–Trinajstić information content (AvgIpc) is 2.91. The van der Waals surface area contributed by atoms with E-state index < -0.39 is 0 Å². The zero-order chi connectivity index (χ0) is 14.7. The molecule has 0 saturated heterocycles. The van der Waals surface area contributed by atoms with Crippen molar-refractivity contribution in [2.24, 2.45) is 0 Å². The fourth-order valence-corrected chi connectivity index (χ4v) is 2.59. The molecule has 2 N–H and O–H groups in total. The molecule has 3 rings (SSSR count). The second kappa shape index (κ2) is 5.87. The topological polar surface area (TPSA) is 55.6 Å². The molecule has 0 saturated carbocycles. The molecule has 0 bridgehead atoms. The maximum atomic E-state index is 12.3. The third-order valence-electron chi connectivity index (χ3n) is 3.63. The van der Waals surface area contributed by atoms with E-state index in [0.29, 0.717) is 24.5 Å². The molecule has 0 unspecified atom stereocenters. The van der Waals surface area contributed by atoms with Crippen LogP contribution in [0.3, 0.4) is 0 Å². The van der Waals surface area contributed by atoms with Crippen molar-refractivity contribution in [1.82, 2.24) is 0 Å². The van der Waals surface area contributed by atoms with E-state index in [4.69, 9.17) is 10.5 Å². The molecule has 0 aromatic heterocycles. The van der Waals surface area contributed by atoms with Crippen LogP contribution in [0.15, 0.2) is 48.5 Å². The first-order chi connectivity index (χ1) is 10.2. The summed E-state index contributed by atoms with van der Waals surface area (Å²) in [6, 6.07) is 15.3. The molecular formula is C17H18N2O2. The smallest absolute Gasteiger partial charge is 0.230 e. The van der Waals surface area contributed by atoms with E-state index >= 15 is 0 Å². The molecule has 2 aromatic carbocycles. The molecule has 0 radical (unpaired) electrons. The van der Waals surface area contributed by atoms with Gasteiger partial charge in [0.05, 0.1) is 13.0 Å². The van der Waals surface area contributed by atoms with Crippen LogP contribution < -0.4 is 15.4 Å². The second-order valence-corrected chi connectivity index (χ2v) is 5.10. The summed E-state index contributed by atoms with van der Waals surface area (Å²) >= 11 is 0. The highest BCUT2D eigenvalue weighted by Gasteiger charge is 2.23. The van der Waals surface area contributed by atoms with Crippen LogP contribution in [0.2, 0.25) is 0 Å². The molecule has 2 aromatic rings. The number of nitrogens with zero attached hydrogens (tertiary/aromatic N) is 1. The first-order valence-electron chi connectivity index (χ1n) is 7.10. The first kappa shape index (κ1) is 13.5. The number of ether oxygens (including phenoxy) is 1. The minimum atomic E-state index is 0.101. The van der Waals surface area contributed by atoms with Gasteiger partial charge in [-0.3, -0.25) is 4.79 Å². The van der Waals surface area contributed by atoms with Gasteiger partial charge in [0.25, 0.3) is 0 Å². The predicted octanol–water partition coefficient (Wildman–Crippen LogP) is 2.63. The first-order valence-corrected chi connectivity index (χ1v) is 7.10. The molecule has 4 nitrogen and oxygen atoms in total. The van der Waals surface area contributed by atoms with Crippen molar-refractivity contribution in [2.45, 2.75) is 12.8 Å². The summed E-state index contributed by atoms with van der Waals surface area (Å²) in [4.78, 5) is 14.1. The van der Waals surface area contributed by atoms with Crippen molar-refractivity contribution >= 4 is 17.3 Å². The zero-order valence-corrected chi connectivity index (χ0v) is 11.8. The van der Waals surface area contributed by atoms with Gasteiger partial charge in [-0.25, -0.2) is 0 Å². The van der Waals surface area contributed by atoms with Gasteiger partial charge < -0.3 is 15.4 Å². The fraction of sp³-hybridized carbons (Fsp3) is 0.235. The van der Waals surface area contributed by atoms with Crippen LogP contribution in [0.1, 0.15) is 12.0 Å². The van der Waals surface area contributed by atoms with Crippen molar-refractivity contribution in [3.63, 3.8) is 0 Å². The Bertz CT molecular complexity index is 655. The van der Waals surface area contributed by atoms with E-state index in [1.165, 1.54) is 5.56 Å². The summed E-state index contributed by atoms with van der Waals surface area (Å²) in [5.41, 5.74) is 8.62. The second-order valence-electron chi connectivity index (χ2n) is 5.10. The highest BCUT2D eigenvalue weighted by atomic mass is 16.5. The van der Waals surface area contributed by atoms with Gasteiger partial charge in [0, 0.05) is 24.0 Å². The Morgan fingerprint density at radius 1 is 1.19 bits per heavy atom. The minimum absolute atomic E-state index is 0.101. The van der Waals surface area contributed by atoms with Gasteiger partial charge in [0.1, 0.15) is 5.75 Å². The van der Waals surface area contributed by atoms with Crippen LogP contribution in [0.25, 0.3) is 0 Å². The summed E-state index contributed by atoms with van der Waals surface area (Å²) < 4.78 is 5.58. The summed E-state index contributed by atoms with van der Waals surface area (Å²) in [5, 5.41) is 0. The van der Waals surface area contributed by atoms with Gasteiger partial charge in [-0.1, -0.05) is 24.3 Å². The van der Waals surface area contributed by atoms with Crippen molar-refractivity contribution in [3.05, 3.63) is 54.1 Å². The Balaban J connectivity index is 1.56. The number of anilines is 2. The van der Waals surface area contributed by atoms with Crippen molar-refractivity contribution < 1.29 is 9.53 Å². The van der Waals surface area contributed by atoms with E-state index in [9.17, 15) is 4.79 Å². The number of rotatable bonds is 4. The van der Waals surface area contributed by atoms with E-state index in [-0.39, 0.29) is 5.91 Å². The largest absolute Gasteiger partial charge is 0.493 e. The van der Waals surface area contributed by atoms with Crippen LogP contribution in [-0.4, -0.2) is 19.1 Å². The van der Waals surface area contributed by atoms with Crippen LogP contribution in [0.4, 0.5) is 11.4 Å². The Morgan fingerprint density at radius 3 is 2.90 bits per heavy atom. The quantitative estimate of drug-likeness (QED) is 0.877. The molecule has 0 atom stereocenters. The SMILES string of the molecule is Nc1cccc(OCCC(=O)N2CCc3ccccc32)c1. The number of hydrogen-bond donors (Lipinski definition) is 1. The Kier molecular flexibility index (Phi) is 3.77. The molecule has 1 heterocycles. The van der Waals surface area contributed by atoms with E-state index in [0.717, 1.165) is 18.7 Å². The molecule has 21 heavy (non-hydrogen) atoms. The summed E-state index contributed by atoms with van der Waals surface area (Å²) in [7, 11) is 0. The zero-order valence-electron chi connectivity index (χ0n) is 11.8. The van der Waals surface area contributed by atoms with Gasteiger partial charge >= 0.3 is 0 Å². The average molecular weight is 282 g/mol. The molecule has 0 fully saturated rings. The Labute approximate surface area is 124 Å². The lowest BCUT2D eigenvalue weighted by atomic mass is 10.2. The Morgan fingerprint density at radius 2 is 2.05 bits per heavy atom. The van der Waals surface area contributed by atoms with Gasteiger partial charge in [-0.15, -0.1) is 0 Å². The van der Waals surface area contributed by atoms with Crippen molar-refractivity contribution in [3.8, 4) is 5.75 Å². The number of carbonyl (C=O) groups excluding carboxylic acids is 1. The van der Waals surface area contributed by atoms with Crippen LogP contribution in [-0.2, 0) is 11.2 Å². The van der Waals surface area contributed by atoms with Gasteiger partial charge in [0.15, 0.2) is 0 Å². The van der Waals surface area contributed by atoms with Crippen LogP contribution >= 0.6 is 0 Å². The third kappa shape index (κ3) is 2.99. The number of amides is 1. The maximum Gasteiger partial charge on any atom is 0.230 e. The molecule has 0 aliphatic carbocycles. The lowest BCUT2D eigenvalue weighted by Gasteiger charge is -2.17. The standard InChI is InChI=1S/C17H18N2O2/c18-14-5-3-6-15(12-14)21-11-9-17(20)19-10-8-13-4-1-2-7-16(13)19/h1-7,12H,8-11,18H2. The van der Waals surface area contributed by atoms with Crippen molar-refractivity contribution in [1.29, 1.82) is 0 Å². The number of nitrogen functional groups attached to an aromatic ring is 1. The minimum Gasteiger partial charge on any atom is -0.493 e. The van der Waals surface area contributed by atoms with E-state index in [1.54, 1.807) is 12.1 Å². The number of hydrogen-bond acceptors (Lipinski definition) is 3. The number of fused-ring (bicyclic) bond motifs is 1. The normalized spacial score (nSPS) is 13.0. The number of carbonyl (C=O) groups is 1. The van der Waals surface area contributed by atoms with Gasteiger partial charge in [0.2, 0.25) is 5.91 Å². The third-order valence-corrected chi connectivity index (χ3v) is 3.63. The molecule has 0 spiro atoms. The number of benzene rings is 2. The molecular weight excluding hydrogens is 264 g/mol. The lowest BCUT2D eigenvalue weighted by Crippen LogP contribution is -2.30. The lowest BCUT2D eigenvalue weighted by molar-refractivity contribution is -0.119. The van der Waals surface area contributed by atoms with Gasteiger partial charge in [-0.2, -0.15) is 0 Å². The molecule has 1 aliphatic rings. The molecule has 4 heteroatoms. The molecule has 1 aliphatic heterocycles. The highest BCUT2D eigenvalue weighted by molar-refractivity contribution is 5.95. The van der Waals surface area contributed by atoms with Crippen LogP contribution in [0.5, 0.6) is 5.75 Å².